The Balaban J connectivity index is 3.01. The number of hydrogen-bond donors (Lipinski definition) is 0. The number of halogens is 1. The lowest BCUT2D eigenvalue weighted by molar-refractivity contribution is 0.552. The first kappa shape index (κ1) is 11.7. The molecule has 1 aromatic heterocycles. The van der Waals surface area contributed by atoms with Gasteiger partial charge in [0.2, 0.25) is 0 Å². The molecule has 3 nitrogen and oxygen atoms in total. The van der Waals surface area contributed by atoms with Crippen LogP contribution in [0.1, 0.15) is 51.2 Å². The maximum Gasteiger partial charge on any atom is 0.143 e. The second-order valence-electron chi connectivity index (χ2n) is 3.37. The van der Waals surface area contributed by atoms with Gasteiger partial charge in [-0.1, -0.05) is 29.8 Å². The van der Waals surface area contributed by atoms with E-state index in [1.54, 1.807) is 0 Å². The van der Waals surface area contributed by atoms with Gasteiger partial charge in [-0.05, 0) is 19.8 Å². The number of nitrogens with zero attached hydrogens (tertiary/aromatic N) is 3. The molecule has 0 aliphatic heterocycles. The van der Waals surface area contributed by atoms with Gasteiger partial charge >= 0.3 is 0 Å². The van der Waals surface area contributed by atoms with Crippen LogP contribution in [0.15, 0.2) is 0 Å². The third-order valence-electron chi connectivity index (χ3n) is 2.64. The summed E-state index contributed by atoms with van der Waals surface area (Å²) in [5, 5.41) is 9.26. The van der Waals surface area contributed by atoms with Crippen LogP contribution in [0.25, 0.3) is 0 Å². The second-order valence-corrected chi connectivity index (χ2v) is 3.93. The van der Waals surface area contributed by atoms with Crippen molar-refractivity contribution in [3.8, 4) is 0 Å². The Morgan fingerprint density at radius 2 is 1.86 bits per heavy atom. The smallest absolute Gasteiger partial charge is 0.143 e. The first-order chi connectivity index (χ1) is 6.78. The van der Waals surface area contributed by atoms with Crippen LogP contribution >= 0.6 is 15.9 Å². The SMILES string of the molecule is CCC(CC)c1nnc(CBr)n1CC. The van der Waals surface area contributed by atoms with E-state index in [0.717, 1.165) is 36.4 Å². The Kier molecular flexibility index (Phi) is 4.58. The molecule has 0 saturated carbocycles. The molecule has 0 aliphatic rings. The van der Waals surface area contributed by atoms with Crippen LogP contribution in [0.4, 0.5) is 0 Å². The van der Waals surface area contributed by atoms with Gasteiger partial charge in [0, 0.05) is 12.5 Å². The van der Waals surface area contributed by atoms with Gasteiger partial charge in [-0.2, -0.15) is 0 Å². The maximum absolute atomic E-state index is 4.28. The second kappa shape index (κ2) is 5.49. The predicted octanol–water partition coefficient (Wildman–Crippen LogP) is 3.10. The van der Waals surface area contributed by atoms with Gasteiger partial charge in [-0.3, -0.25) is 0 Å². The van der Waals surface area contributed by atoms with Gasteiger partial charge in [0.15, 0.2) is 0 Å². The summed E-state index contributed by atoms with van der Waals surface area (Å²) in [6.45, 7) is 7.51. The lowest BCUT2D eigenvalue weighted by Crippen LogP contribution is -2.09. The van der Waals surface area contributed by atoms with Crippen molar-refractivity contribution in [3.63, 3.8) is 0 Å². The van der Waals surface area contributed by atoms with Crippen LogP contribution < -0.4 is 0 Å². The molecule has 0 fully saturated rings. The van der Waals surface area contributed by atoms with Gasteiger partial charge < -0.3 is 4.57 Å². The van der Waals surface area contributed by atoms with Gasteiger partial charge in [0.25, 0.3) is 0 Å². The molecule has 80 valence electrons. The van der Waals surface area contributed by atoms with Gasteiger partial charge in [0.1, 0.15) is 11.6 Å². The fourth-order valence-electron chi connectivity index (χ4n) is 1.75. The zero-order valence-corrected chi connectivity index (χ0v) is 10.7. The van der Waals surface area contributed by atoms with E-state index in [9.17, 15) is 0 Å². The fraction of sp³-hybridized carbons (Fsp3) is 0.800. The summed E-state index contributed by atoms with van der Waals surface area (Å²) in [6, 6.07) is 0. The van der Waals surface area contributed by atoms with Crippen molar-refractivity contribution in [2.24, 2.45) is 0 Å². The minimum Gasteiger partial charge on any atom is -0.314 e. The highest BCUT2D eigenvalue weighted by atomic mass is 79.9. The Morgan fingerprint density at radius 1 is 1.21 bits per heavy atom. The van der Waals surface area contributed by atoms with Crippen molar-refractivity contribution < 1.29 is 0 Å². The third kappa shape index (κ3) is 2.16. The Labute approximate surface area is 94.0 Å². The highest BCUT2D eigenvalue weighted by Gasteiger charge is 2.16. The Morgan fingerprint density at radius 3 is 2.29 bits per heavy atom. The lowest BCUT2D eigenvalue weighted by atomic mass is 10.0. The average molecular weight is 260 g/mol. The molecule has 0 radical (unpaired) electrons. The molecular formula is C10H18BrN3. The predicted molar refractivity (Wildman–Crippen MR) is 61.7 cm³/mol. The minimum absolute atomic E-state index is 0.551. The molecule has 1 heterocycles. The molecule has 0 spiro atoms. The molecule has 0 N–H and O–H groups in total. The molecular weight excluding hydrogens is 242 g/mol. The first-order valence-corrected chi connectivity index (χ1v) is 6.38. The summed E-state index contributed by atoms with van der Waals surface area (Å²) >= 11 is 3.43. The van der Waals surface area contributed by atoms with E-state index in [2.05, 4.69) is 51.5 Å². The van der Waals surface area contributed by atoms with Crippen molar-refractivity contribution >= 4 is 15.9 Å². The molecule has 0 aliphatic carbocycles. The fourth-order valence-corrected chi connectivity index (χ4v) is 2.16. The quantitative estimate of drug-likeness (QED) is 0.761. The normalized spacial score (nSPS) is 11.2. The first-order valence-electron chi connectivity index (χ1n) is 5.26. The topological polar surface area (TPSA) is 30.7 Å². The molecule has 1 rings (SSSR count). The summed E-state index contributed by atoms with van der Waals surface area (Å²) in [5.74, 6) is 2.73. The highest BCUT2D eigenvalue weighted by Crippen LogP contribution is 2.22. The molecule has 0 bridgehead atoms. The van der Waals surface area contributed by atoms with Crippen LogP contribution in [-0.4, -0.2) is 14.8 Å². The van der Waals surface area contributed by atoms with Gasteiger partial charge in [-0.25, -0.2) is 0 Å². The number of hydrogen-bond acceptors (Lipinski definition) is 2. The molecule has 0 saturated heterocycles. The van der Waals surface area contributed by atoms with E-state index in [1.807, 2.05) is 0 Å². The maximum atomic E-state index is 4.28. The van der Waals surface area contributed by atoms with Crippen molar-refractivity contribution in [1.29, 1.82) is 0 Å². The summed E-state index contributed by atoms with van der Waals surface area (Å²) in [4.78, 5) is 0. The zero-order valence-electron chi connectivity index (χ0n) is 9.13. The molecule has 0 unspecified atom stereocenters. The Bertz CT molecular complexity index is 279. The molecule has 0 amide bonds. The summed E-state index contributed by atoms with van der Waals surface area (Å²) in [7, 11) is 0. The van der Waals surface area contributed by atoms with Crippen molar-refractivity contribution in [3.05, 3.63) is 11.6 Å². The van der Waals surface area contributed by atoms with E-state index in [-0.39, 0.29) is 0 Å². The van der Waals surface area contributed by atoms with Crippen LogP contribution in [0, 0.1) is 0 Å². The molecule has 1 aromatic rings. The van der Waals surface area contributed by atoms with Crippen LogP contribution in [0.5, 0.6) is 0 Å². The van der Waals surface area contributed by atoms with E-state index in [1.165, 1.54) is 0 Å². The van der Waals surface area contributed by atoms with Gasteiger partial charge in [-0.15, -0.1) is 10.2 Å². The zero-order chi connectivity index (χ0) is 10.6. The van der Waals surface area contributed by atoms with Crippen LogP contribution in [-0.2, 0) is 11.9 Å². The molecule has 14 heavy (non-hydrogen) atoms. The lowest BCUT2D eigenvalue weighted by Gasteiger charge is -2.13. The van der Waals surface area contributed by atoms with Crippen molar-refractivity contribution in [2.45, 2.75) is 51.4 Å². The molecule has 0 aromatic carbocycles. The largest absolute Gasteiger partial charge is 0.314 e. The highest BCUT2D eigenvalue weighted by molar-refractivity contribution is 9.08. The monoisotopic (exact) mass is 259 g/mol. The summed E-state index contributed by atoms with van der Waals surface area (Å²) in [6.07, 6.45) is 2.27. The summed E-state index contributed by atoms with van der Waals surface area (Å²) in [5.41, 5.74) is 0. The Hall–Kier alpha value is -0.380. The van der Waals surface area contributed by atoms with Crippen molar-refractivity contribution in [2.75, 3.05) is 0 Å². The van der Waals surface area contributed by atoms with Crippen LogP contribution in [0.3, 0.4) is 0 Å². The minimum atomic E-state index is 0.551. The average Bonchev–Trinajstić information content (AvgIpc) is 2.62. The van der Waals surface area contributed by atoms with E-state index < -0.39 is 0 Å². The standard InChI is InChI=1S/C10H18BrN3/c1-4-8(5-2)10-13-12-9(7-11)14(10)6-3/h8H,4-7H2,1-3H3. The molecule has 4 heteroatoms. The molecule has 0 atom stereocenters. The number of aromatic nitrogens is 3. The van der Waals surface area contributed by atoms with E-state index in [0.29, 0.717) is 5.92 Å². The van der Waals surface area contributed by atoms with Crippen LogP contribution in [0.2, 0.25) is 0 Å². The van der Waals surface area contributed by atoms with E-state index in [4.69, 9.17) is 0 Å². The van der Waals surface area contributed by atoms with Crippen molar-refractivity contribution in [1.82, 2.24) is 14.8 Å². The van der Waals surface area contributed by atoms with E-state index >= 15 is 0 Å². The summed E-state index contributed by atoms with van der Waals surface area (Å²) < 4.78 is 2.21. The van der Waals surface area contributed by atoms with Gasteiger partial charge in [0.05, 0.1) is 5.33 Å². The number of rotatable bonds is 5. The third-order valence-corrected chi connectivity index (χ3v) is 3.14. The number of alkyl halides is 1.